The second-order valence-corrected chi connectivity index (χ2v) is 9.14. The number of nitrogens with zero attached hydrogens (tertiary/aromatic N) is 4. The van der Waals surface area contributed by atoms with Crippen LogP contribution in [0.1, 0.15) is 38.7 Å². The molecule has 2 aromatic heterocycles. The molecule has 1 aliphatic carbocycles. The lowest BCUT2D eigenvalue weighted by Crippen LogP contribution is -2.10. The SMILES string of the molecule is CC(C)CNc1nc(Br)cn2c(-c3ccc(C4=CN=C(C5CC5)C4)cc3)cnc12. The second kappa shape index (κ2) is 7.41. The van der Waals surface area contributed by atoms with Crippen molar-refractivity contribution in [2.75, 3.05) is 11.9 Å². The molecule has 1 saturated carbocycles. The number of rotatable bonds is 6. The molecule has 1 aromatic carbocycles. The fraction of sp³-hybridized carbons (Fsp3) is 0.348. The van der Waals surface area contributed by atoms with E-state index >= 15 is 0 Å². The van der Waals surface area contributed by atoms with Crippen LogP contribution in [-0.2, 0) is 0 Å². The van der Waals surface area contributed by atoms with Crippen molar-refractivity contribution in [1.82, 2.24) is 14.4 Å². The molecule has 1 N–H and O–H groups in total. The molecule has 1 fully saturated rings. The highest BCUT2D eigenvalue weighted by molar-refractivity contribution is 9.10. The van der Waals surface area contributed by atoms with Gasteiger partial charge in [-0.1, -0.05) is 38.1 Å². The van der Waals surface area contributed by atoms with Crippen molar-refractivity contribution in [1.29, 1.82) is 0 Å². The first-order valence-electron chi connectivity index (χ1n) is 10.2. The zero-order valence-corrected chi connectivity index (χ0v) is 18.3. The Labute approximate surface area is 179 Å². The van der Waals surface area contributed by atoms with E-state index in [-0.39, 0.29) is 0 Å². The quantitative estimate of drug-likeness (QED) is 0.515. The van der Waals surface area contributed by atoms with Crippen LogP contribution in [-0.4, -0.2) is 26.6 Å². The number of imidazole rings is 1. The van der Waals surface area contributed by atoms with Crippen LogP contribution in [0.5, 0.6) is 0 Å². The Morgan fingerprint density at radius 2 is 1.93 bits per heavy atom. The van der Waals surface area contributed by atoms with Gasteiger partial charge in [0.2, 0.25) is 0 Å². The molecule has 0 atom stereocenters. The summed E-state index contributed by atoms with van der Waals surface area (Å²) in [5, 5.41) is 3.41. The summed E-state index contributed by atoms with van der Waals surface area (Å²) in [5.74, 6) is 2.08. The lowest BCUT2D eigenvalue weighted by molar-refractivity contribution is 0.687. The number of nitrogens with one attached hydrogen (secondary N) is 1. The number of benzene rings is 1. The Morgan fingerprint density at radius 3 is 2.66 bits per heavy atom. The third-order valence-corrected chi connectivity index (χ3v) is 5.88. The average molecular weight is 450 g/mol. The highest BCUT2D eigenvalue weighted by Gasteiger charge is 2.29. The first-order chi connectivity index (χ1) is 14.1. The predicted molar refractivity (Wildman–Crippen MR) is 122 cm³/mol. The maximum absolute atomic E-state index is 4.64. The van der Waals surface area contributed by atoms with Crippen molar-refractivity contribution in [2.24, 2.45) is 16.8 Å². The topological polar surface area (TPSA) is 54.6 Å². The number of hydrogen-bond donors (Lipinski definition) is 1. The van der Waals surface area contributed by atoms with Gasteiger partial charge in [0.05, 0.1) is 11.9 Å². The minimum absolute atomic E-state index is 0.534. The van der Waals surface area contributed by atoms with Crippen LogP contribution in [0.25, 0.3) is 22.5 Å². The van der Waals surface area contributed by atoms with Gasteiger partial charge in [-0.15, -0.1) is 0 Å². The van der Waals surface area contributed by atoms with Gasteiger partial charge in [0.1, 0.15) is 4.60 Å². The summed E-state index contributed by atoms with van der Waals surface area (Å²) < 4.78 is 2.88. The first kappa shape index (κ1) is 18.6. The van der Waals surface area contributed by atoms with Gasteiger partial charge in [-0.3, -0.25) is 9.39 Å². The van der Waals surface area contributed by atoms with Gasteiger partial charge in [-0.05, 0) is 51.7 Å². The molecular weight excluding hydrogens is 426 g/mol. The average Bonchev–Trinajstić information content (AvgIpc) is 3.29. The molecule has 0 radical (unpaired) electrons. The van der Waals surface area contributed by atoms with E-state index in [1.165, 1.54) is 29.7 Å². The maximum atomic E-state index is 4.64. The molecule has 0 unspecified atom stereocenters. The molecule has 5 nitrogen and oxygen atoms in total. The van der Waals surface area contributed by atoms with Gasteiger partial charge in [0.15, 0.2) is 11.5 Å². The normalized spacial score (nSPS) is 16.4. The number of allylic oxidation sites excluding steroid dienone is 1. The van der Waals surface area contributed by atoms with Gasteiger partial charge in [-0.2, -0.15) is 0 Å². The van der Waals surface area contributed by atoms with E-state index < -0.39 is 0 Å². The van der Waals surface area contributed by atoms with E-state index in [0.717, 1.165) is 46.2 Å². The van der Waals surface area contributed by atoms with Crippen LogP contribution < -0.4 is 5.32 Å². The van der Waals surface area contributed by atoms with Gasteiger partial charge in [0.25, 0.3) is 0 Å². The lowest BCUT2D eigenvalue weighted by Gasteiger charge is -2.11. The van der Waals surface area contributed by atoms with Crippen molar-refractivity contribution in [3.05, 3.63) is 53.0 Å². The molecule has 5 rings (SSSR count). The summed E-state index contributed by atoms with van der Waals surface area (Å²) >= 11 is 3.54. The fourth-order valence-corrected chi connectivity index (χ4v) is 4.12. The molecule has 3 aromatic rings. The summed E-state index contributed by atoms with van der Waals surface area (Å²) in [7, 11) is 0. The Bertz CT molecular complexity index is 1120. The molecule has 0 bridgehead atoms. The number of aromatic nitrogens is 3. The molecular formula is C23H24BrN5. The molecule has 1 aliphatic heterocycles. The molecule has 3 heterocycles. The van der Waals surface area contributed by atoms with Crippen molar-refractivity contribution in [2.45, 2.75) is 33.1 Å². The van der Waals surface area contributed by atoms with Gasteiger partial charge >= 0.3 is 0 Å². The molecule has 0 amide bonds. The van der Waals surface area contributed by atoms with Crippen LogP contribution in [0.15, 0.2) is 52.5 Å². The highest BCUT2D eigenvalue weighted by Crippen LogP contribution is 2.37. The summed E-state index contributed by atoms with van der Waals surface area (Å²) in [6, 6.07) is 8.73. The fourth-order valence-electron chi connectivity index (χ4n) is 3.74. The summed E-state index contributed by atoms with van der Waals surface area (Å²) in [6.07, 6.45) is 9.57. The van der Waals surface area contributed by atoms with E-state index in [9.17, 15) is 0 Å². The standard InChI is InChI=1S/C23H24BrN5/c1-14(2)10-26-22-23-27-12-20(29(23)13-21(24)28-22)17-7-3-15(4-8-17)18-9-19(25-11-18)16-5-6-16/h3-4,7-8,11-14,16H,5-6,9-10H2,1-2H3,(H,26,28). The van der Waals surface area contributed by atoms with Crippen LogP contribution in [0.4, 0.5) is 5.82 Å². The smallest absolute Gasteiger partial charge is 0.180 e. The predicted octanol–water partition coefficient (Wildman–Crippen LogP) is 5.82. The third-order valence-electron chi connectivity index (χ3n) is 5.50. The Morgan fingerprint density at radius 1 is 1.17 bits per heavy atom. The molecule has 0 spiro atoms. The Kier molecular flexibility index (Phi) is 4.74. The summed E-state index contributed by atoms with van der Waals surface area (Å²) in [5.41, 5.74) is 6.97. The first-order valence-corrected chi connectivity index (χ1v) is 11.0. The Hall–Kier alpha value is -2.47. The molecule has 148 valence electrons. The van der Waals surface area contributed by atoms with Crippen molar-refractivity contribution < 1.29 is 0 Å². The third kappa shape index (κ3) is 3.73. The van der Waals surface area contributed by atoms with Gasteiger partial charge in [0, 0.05) is 36.6 Å². The van der Waals surface area contributed by atoms with Crippen LogP contribution in [0, 0.1) is 11.8 Å². The number of halogens is 1. The molecule has 0 saturated heterocycles. The van der Waals surface area contributed by atoms with Crippen LogP contribution in [0.3, 0.4) is 0 Å². The van der Waals surface area contributed by atoms with E-state index in [0.29, 0.717) is 5.92 Å². The summed E-state index contributed by atoms with van der Waals surface area (Å²) in [4.78, 5) is 13.9. The van der Waals surface area contributed by atoms with E-state index in [1.54, 1.807) is 0 Å². The van der Waals surface area contributed by atoms with Crippen molar-refractivity contribution >= 4 is 38.7 Å². The molecule has 2 aliphatic rings. The highest BCUT2D eigenvalue weighted by atomic mass is 79.9. The molecule has 6 heteroatoms. The maximum Gasteiger partial charge on any atom is 0.180 e. The summed E-state index contributed by atoms with van der Waals surface area (Å²) in [6.45, 7) is 5.22. The van der Waals surface area contributed by atoms with Crippen LogP contribution in [0.2, 0.25) is 0 Å². The van der Waals surface area contributed by atoms with Gasteiger partial charge < -0.3 is 5.32 Å². The minimum atomic E-state index is 0.534. The number of fused-ring (bicyclic) bond motifs is 1. The zero-order valence-electron chi connectivity index (χ0n) is 16.7. The van der Waals surface area contributed by atoms with E-state index in [4.69, 9.17) is 0 Å². The van der Waals surface area contributed by atoms with E-state index in [1.807, 2.05) is 18.6 Å². The van der Waals surface area contributed by atoms with Crippen molar-refractivity contribution in [3.8, 4) is 11.3 Å². The monoisotopic (exact) mass is 449 g/mol. The number of hydrogen-bond acceptors (Lipinski definition) is 4. The lowest BCUT2D eigenvalue weighted by atomic mass is 9.99. The van der Waals surface area contributed by atoms with E-state index in [2.05, 4.69) is 78.7 Å². The van der Waals surface area contributed by atoms with Gasteiger partial charge in [-0.25, -0.2) is 9.97 Å². The van der Waals surface area contributed by atoms with Crippen molar-refractivity contribution in [3.63, 3.8) is 0 Å². The number of aliphatic imine (C=N–C) groups is 1. The Balaban J connectivity index is 1.42. The minimum Gasteiger partial charge on any atom is -0.367 e. The zero-order chi connectivity index (χ0) is 20.0. The molecule has 29 heavy (non-hydrogen) atoms. The van der Waals surface area contributed by atoms with Crippen LogP contribution >= 0.6 is 15.9 Å². The largest absolute Gasteiger partial charge is 0.367 e. The number of anilines is 1. The second-order valence-electron chi connectivity index (χ2n) is 8.33.